The zero-order chi connectivity index (χ0) is 15.4. The molecule has 1 aliphatic rings. The van der Waals surface area contributed by atoms with Crippen molar-refractivity contribution in [3.8, 4) is 0 Å². The third-order valence-electron chi connectivity index (χ3n) is 4.22. The Morgan fingerprint density at radius 2 is 2.23 bits per heavy atom. The number of aliphatic hydroxyl groups excluding tert-OH is 1. The van der Waals surface area contributed by atoms with Gasteiger partial charge in [0.15, 0.2) is 0 Å². The first-order valence-electron chi connectivity index (χ1n) is 7.85. The Hall–Kier alpha value is -1.92. The summed E-state index contributed by atoms with van der Waals surface area (Å²) in [6.45, 7) is 3.51. The van der Waals surface area contributed by atoms with Crippen molar-refractivity contribution < 1.29 is 9.90 Å². The predicted molar refractivity (Wildman–Crippen MR) is 84.7 cm³/mol. The SMILES string of the molecule is O=C(NCCCN1CCC(O)CC1)c1cccc2cn[nH]c12. The second-order valence-corrected chi connectivity index (χ2v) is 5.82. The maximum absolute atomic E-state index is 12.2. The van der Waals surface area contributed by atoms with Gasteiger partial charge in [0.2, 0.25) is 0 Å². The first-order valence-corrected chi connectivity index (χ1v) is 7.85. The van der Waals surface area contributed by atoms with Crippen LogP contribution in [0.1, 0.15) is 29.6 Å². The van der Waals surface area contributed by atoms with Crippen LogP contribution in [0, 0.1) is 0 Å². The quantitative estimate of drug-likeness (QED) is 0.724. The Labute approximate surface area is 129 Å². The number of rotatable bonds is 5. The molecule has 3 rings (SSSR count). The highest BCUT2D eigenvalue weighted by Crippen LogP contribution is 2.15. The number of carbonyl (C=O) groups is 1. The lowest BCUT2D eigenvalue weighted by Crippen LogP contribution is -2.37. The van der Waals surface area contributed by atoms with E-state index in [0.29, 0.717) is 12.1 Å². The first kappa shape index (κ1) is 15.0. The number of fused-ring (bicyclic) bond motifs is 1. The maximum atomic E-state index is 12.2. The van der Waals surface area contributed by atoms with Crippen molar-refractivity contribution >= 4 is 16.8 Å². The molecule has 2 aromatic rings. The molecule has 0 bridgehead atoms. The van der Waals surface area contributed by atoms with Gasteiger partial charge in [0.05, 0.1) is 23.4 Å². The number of nitrogens with zero attached hydrogens (tertiary/aromatic N) is 2. The summed E-state index contributed by atoms with van der Waals surface area (Å²) in [4.78, 5) is 14.6. The van der Waals surface area contributed by atoms with E-state index in [4.69, 9.17) is 0 Å². The maximum Gasteiger partial charge on any atom is 0.253 e. The monoisotopic (exact) mass is 302 g/mol. The number of hydrogen-bond acceptors (Lipinski definition) is 4. The van der Waals surface area contributed by atoms with Gasteiger partial charge in [-0.05, 0) is 31.9 Å². The lowest BCUT2D eigenvalue weighted by Gasteiger charge is -2.29. The Morgan fingerprint density at radius 3 is 3.05 bits per heavy atom. The van der Waals surface area contributed by atoms with Gasteiger partial charge in [-0.3, -0.25) is 9.89 Å². The number of H-pyrrole nitrogens is 1. The van der Waals surface area contributed by atoms with Gasteiger partial charge in [0, 0.05) is 25.0 Å². The number of hydrogen-bond donors (Lipinski definition) is 3. The summed E-state index contributed by atoms with van der Waals surface area (Å²) in [5.74, 6) is -0.0658. The van der Waals surface area contributed by atoms with Crippen LogP contribution in [0.3, 0.4) is 0 Å². The number of piperidine rings is 1. The summed E-state index contributed by atoms with van der Waals surface area (Å²) in [6.07, 6.45) is 4.21. The van der Waals surface area contributed by atoms with Crippen LogP contribution in [-0.4, -0.2) is 58.4 Å². The van der Waals surface area contributed by atoms with Crippen LogP contribution in [0.5, 0.6) is 0 Å². The van der Waals surface area contributed by atoms with E-state index in [1.54, 1.807) is 6.20 Å². The van der Waals surface area contributed by atoms with Crippen molar-refractivity contribution in [1.29, 1.82) is 0 Å². The molecule has 0 saturated carbocycles. The molecular formula is C16H22N4O2. The van der Waals surface area contributed by atoms with Gasteiger partial charge in [0.1, 0.15) is 0 Å². The predicted octanol–water partition coefficient (Wildman–Crippen LogP) is 1.14. The number of aromatic amines is 1. The molecule has 6 nitrogen and oxygen atoms in total. The highest BCUT2D eigenvalue weighted by molar-refractivity contribution is 6.05. The number of carbonyl (C=O) groups excluding carboxylic acids is 1. The van der Waals surface area contributed by atoms with Crippen molar-refractivity contribution in [2.24, 2.45) is 0 Å². The smallest absolute Gasteiger partial charge is 0.253 e. The van der Waals surface area contributed by atoms with Crippen LogP contribution >= 0.6 is 0 Å². The zero-order valence-electron chi connectivity index (χ0n) is 12.6. The van der Waals surface area contributed by atoms with Crippen LogP contribution in [-0.2, 0) is 0 Å². The van der Waals surface area contributed by atoms with Crippen molar-refractivity contribution in [2.75, 3.05) is 26.2 Å². The van der Waals surface area contributed by atoms with E-state index in [2.05, 4.69) is 20.4 Å². The molecule has 118 valence electrons. The summed E-state index contributed by atoms with van der Waals surface area (Å²) >= 11 is 0. The molecule has 0 spiro atoms. The van der Waals surface area contributed by atoms with E-state index in [0.717, 1.165) is 49.8 Å². The molecular weight excluding hydrogens is 280 g/mol. The zero-order valence-corrected chi connectivity index (χ0v) is 12.6. The minimum Gasteiger partial charge on any atom is -0.393 e. The minimum absolute atomic E-state index is 0.0658. The van der Waals surface area contributed by atoms with Crippen molar-refractivity contribution in [2.45, 2.75) is 25.4 Å². The van der Waals surface area contributed by atoms with Gasteiger partial charge < -0.3 is 15.3 Å². The molecule has 1 fully saturated rings. The first-order chi connectivity index (χ1) is 10.7. The van der Waals surface area contributed by atoms with Crippen LogP contribution < -0.4 is 5.32 Å². The number of aliphatic hydroxyl groups is 1. The van der Waals surface area contributed by atoms with Crippen LogP contribution in [0.25, 0.3) is 10.9 Å². The standard InChI is InChI=1S/C16H22N4O2/c21-13-5-9-20(10-6-13)8-2-7-17-16(22)14-4-1-3-12-11-18-19-15(12)14/h1,3-4,11,13,21H,2,5-10H2,(H,17,22)(H,18,19). The summed E-state index contributed by atoms with van der Waals surface area (Å²) in [6, 6.07) is 5.61. The third kappa shape index (κ3) is 3.45. The fourth-order valence-electron chi connectivity index (χ4n) is 2.90. The number of aromatic nitrogens is 2. The number of nitrogens with one attached hydrogen (secondary N) is 2. The Kier molecular flexibility index (Phi) is 4.70. The second kappa shape index (κ2) is 6.89. The molecule has 0 radical (unpaired) electrons. The van der Waals surface area contributed by atoms with Crippen molar-refractivity contribution in [3.63, 3.8) is 0 Å². The second-order valence-electron chi connectivity index (χ2n) is 5.82. The molecule has 0 atom stereocenters. The summed E-state index contributed by atoms with van der Waals surface area (Å²) in [7, 11) is 0. The Balaban J connectivity index is 1.46. The average Bonchev–Trinajstić information content (AvgIpc) is 3.01. The van der Waals surface area contributed by atoms with Crippen LogP contribution in [0.15, 0.2) is 24.4 Å². The van der Waals surface area contributed by atoms with Gasteiger partial charge in [-0.15, -0.1) is 0 Å². The number of likely N-dealkylation sites (tertiary alicyclic amines) is 1. The fraction of sp³-hybridized carbons (Fsp3) is 0.500. The number of para-hydroxylation sites is 1. The molecule has 1 saturated heterocycles. The molecule has 0 unspecified atom stereocenters. The fourth-order valence-corrected chi connectivity index (χ4v) is 2.90. The normalized spacial score (nSPS) is 17.0. The lowest BCUT2D eigenvalue weighted by atomic mass is 10.1. The Bertz CT molecular complexity index is 632. The number of benzene rings is 1. The molecule has 1 aromatic carbocycles. The molecule has 1 amide bonds. The van der Waals surface area contributed by atoms with E-state index in [-0.39, 0.29) is 12.0 Å². The molecule has 6 heteroatoms. The molecule has 0 aliphatic carbocycles. The van der Waals surface area contributed by atoms with Gasteiger partial charge in [-0.25, -0.2) is 0 Å². The minimum atomic E-state index is -0.133. The van der Waals surface area contributed by atoms with Crippen molar-refractivity contribution in [3.05, 3.63) is 30.0 Å². The van der Waals surface area contributed by atoms with Gasteiger partial charge in [-0.1, -0.05) is 12.1 Å². The number of amides is 1. The van der Waals surface area contributed by atoms with Gasteiger partial charge in [0.25, 0.3) is 5.91 Å². The highest BCUT2D eigenvalue weighted by Gasteiger charge is 2.16. The van der Waals surface area contributed by atoms with E-state index in [1.807, 2.05) is 18.2 Å². The molecule has 3 N–H and O–H groups in total. The van der Waals surface area contributed by atoms with Gasteiger partial charge >= 0.3 is 0 Å². The third-order valence-corrected chi connectivity index (χ3v) is 4.22. The molecule has 2 heterocycles. The topological polar surface area (TPSA) is 81.2 Å². The van der Waals surface area contributed by atoms with Crippen molar-refractivity contribution in [1.82, 2.24) is 20.4 Å². The van der Waals surface area contributed by atoms with Crippen LogP contribution in [0.2, 0.25) is 0 Å². The van der Waals surface area contributed by atoms with E-state index >= 15 is 0 Å². The van der Waals surface area contributed by atoms with Gasteiger partial charge in [-0.2, -0.15) is 5.10 Å². The summed E-state index contributed by atoms with van der Waals surface area (Å²) in [5, 5.41) is 20.2. The van der Waals surface area contributed by atoms with E-state index < -0.39 is 0 Å². The largest absolute Gasteiger partial charge is 0.393 e. The highest BCUT2D eigenvalue weighted by atomic mass is 16.3. The van der Waals surface area contributed by atoms with Crippen LogP contribution in [0.4, 0.5) is 0 Å². The average molecular weight is 302 g/mol. The van der Waals surface area contributed by atoms with E-state index in [9.17, 15) is 9.90 Å². The van der Waals surface area contributed by atoms with E-state index in [1.165, 1.54) is 0 Å². The summed E-state index contributed by atoms with van der Waals surface area (Å²) in [5.41, 5.74) is 1.42. The molecule has 1 aromatic heterocycles. The molecule has 1 aliphatic heterocycles. The lowest BCUT2D eigenvalue weighted by molar-refractivity contribution is 0.0816. The Morgan fingerprint density at radius 1 is 1.41 bits per heavy atom. The summed E-state index contributed by atoms with van der Waals surface area (Å²) < 4.78 is 0. The molecule has 22 heavy (non-hydrogen) atoms.